The summed E-state index contributed by atoms with van der Waals surface area (Å²) >= 11 is 0. The second-order valence-corrected chi connectivity index (χ2v) is 16.5. The molecule has 362 valence electrons. The maximum atomic E-state index is 13.8. The average Bonchev–Trinajstić information content (AvgIpc) is 3.80. The molecule has 0 radical (unpaired) electrons. The number of carbonyl (C=O) groups is 7. The number of ether oxygens (including phenoxy) is 2. The molecule has 7 N–H and O–H groups in total. The van der Waals surface area contributed by atoms with E-state index in [1.54, 1.807) is 54.7 Å². The molecular formula is C50H62N8O10. The van der Waals surface area contributed by atoms with Crippen molar-refractivity contribution >= 4 is 53.3 Å². The molecule has 0 aliphatic carbocycles. The highest BCUT2D eigenvalue weighted by molar-refractivity contribution is 6.00. The number of unbranched alkanes of at least 4 members (excludes halogenated alkanes) is 4. The topological polar surface area (TPSA) is 246 Å². The number of aliphatic carboxylic acids is 1. The van der Waals surface area contributed by atoms with Crippen molar-refractivity contribution in [3.63, 3.8) is 0 Å². The lowest BCUT2D eigenvalue weighted by Crippen LogP contribution is -2.48. The van der Waals surface area contributed by atoms with Crippen LogP contribution in [0.1, 0.15) is 92.6 Å². The summed E-state index contributed by atoms with van der Waals surface area (Å²) in [7, 11) is 0. The summed E-state index contributed by atoms with van der Waals surface area (Å²) in [5.41, 5.74) is 4.21. The third kappa shape index (κ3) is 18.5. The summed E-state index contributed by atoms with van der Waals surface area (Å²) in [5, 5.41) is 26.3. The number of urea groups is 1. The van der Waals surface area contributed by atoms with Gasteiger partial charge in [0.05, 0.1) is 24.7 Å². The zero-order valence-corrected chi connectivity index (χ0v) is 38.4. The number of aryl methyl sites for hydroxylation is 1. The molecule has 4 aromatic rings. The van der Waals surface area contributed by atoms with Crippen molar-refractivity contribution in [3.05, 3.63) is 114 Å². The van der Waals surface area contributed by atoms with E-state index in [0.717, 1.165) is 36.9 Å². The van der Waals surface area contributed by atoms with E-state index in [1.807, 2.05) is 48.2 Å². The fourth-order valence-electron chi connectivity index (χ4n) is 7.45. The number of carboxylic acids is 1. The number of benzene rings is 3. The Balaban J connectivity index is 1.03. The molecular weight excluding hydrogens is 873 g/mol. The van der Waals surface area contributed by atoms with Crippen molar-refractivity contribution < 1.29 is 48.1 Å². The molecule has 0 fully saturated rings. The van der Waals surface area contributed by atoms with E-state index in [2.05, 4.69) is 36.9 Å². The minimum absolute atomic E-state index is 0.0121. The molecule has 18 nitrogen and oxygen atoms in total. The fraction of sp³-hybridized carbons (Fsp3) is 0.400. The minimum Gasteiger partial charge on any atom is -0.480 e. The number of carboxylic acid groups (broad SMARTS) is 1. The van der Waals surface area contributed by atoms with Crippen molar-refractivity contribution in [2.45, 2.75) is 96.2 Å². The summed E-state index contributed by atoms with van der Waals surface area (Å²) < 4.78 is 10.9. The van der Waals surface area contributed by atoms with Gasteiger partial charge in [0.15, 0.2) is 11.5 Å². The number of hydrogen-bond acceptors (Lipinski definition) is 11. The van der Waals surface area contributed by atoms with Crippen LogP contribution in [-0.4, -0.2) is 95.9 Å². The van der Waals surface area contributed by atoms with Crippen LogP contribution in [0.3, 0.4) is 0 Å². The van der Waals surface area contributed by atoms with Crippen molar-refractivity contribution in [1.29, 1.82) is 0 Å². The number of aldehydes is 1. The summed E-state index contributed by atoms with van der Waals surface area (Å²) in [6.07, 6.45) is 6.85. The highest BCUT2D eigenvalue weighted by Gasteiger charge is 2.26. The van der Waals surface area contributed by atoms with Gasteiger partial charge in [0.25, 0.3) is 0 Å². The first-order valence-electron chi connectivity index (χ1n) is 23.0. The number of hydrogen-bond donors (Lipinski definition) is 7. The van der Waals surface area contributed by atoms with Crippen molar-refractivity contribution in [2.75, 3.05) is 43.6 Å². The first kappa shape index (κ1) is 51.6. The molecule has 1 aliphatic rings. The van der Waals surface area contributed by atoms with E-state index in [1.165, 1.54) is 0 Å². The first-order valence-corrected chi connectivity index (χ1v) is 23.0. The predicted octanol–water partition coefficient (Wildman–Crippen LogP) is 5.57. The number of nitrogens with one attached hydrogen (secondary N) is 6. The molecule has 0 spiro atoms. The zero-order valence-electron chi connectivity index (χ0n) is 38.4. The lowest BCUT2D eigenvalue weighted by Gasteiger charge is -2.23. The third-order valence-electron chi connectivity index (χ3n) is 11.1. The summed E-state index contributed by atoms with van der Waals surface area (Å²) in [4.78, 5) is 94.0. The van der Waals surface area contributed by atoms with Crippen molar-refractivity contribution in [1.82, 2.24) is 31.2 Å². The highest BCUT2D eigenvalue weighted by Crippen LogP contribution is 2.34. The van der Waals surface area contributed by atoms with E-state index in [9.17, 15) is 38.7 Å². The molecule has 68 heavy (non-hydrogen) atoms. The van der Waals surface area contributed by atoms with Crippen LogP contribution < -0.4 is 41.4 Å². The second-order valence-electron chi connectivity index (χ2n) is 16.5. The fourth-order valence-corrected chi connectivity index (χ4v) is 7.45. The van der Waals surface area contributed by atoms with Gasteiger partial charge in [-0.05, 0) is 105 Å². The number of anilines is 2. The van der Waals surface area contributed by atoms with Gasteiger partial charge in [-0.3, -0.25) is 33.9 Å². The van der Waals surface area contributed by atoms with Gasteiger partial charge in [-0.15, -0.1) is 0 Å². The Kier molecular flexibility index (Phi) is 21.2. The van der Waals surface area contributed by atoms with E-state index in [0.29, 0.717) is 79.3 Å². The third-order valence-corrected chi connectivity index (χ3v) is 11.1. The molecule has 18 heteroatoms. The largest absolute Gasteiger partial charge is 0.480 e. The van der Waals surface area contributed by atoms with Gasteiger partial charge in [0, 0.05) is 56.5 Å². The maximum absolute atomic E-state index is 13.8. The zero-order chi connectivity index (χ0) is 48.5. The minimum atomic E-state index is -0.972. The smallest absolute Gasteiger partial charge is 0.323 e. The van der Waals surface area contributed by atoms with Gasteiger partial charge in [-0.1, -0.05) is 55.3 Å². The molecule has 2 atom stereocenters. The highest BCUT2D eigenvalue weighted by atomic mass is 16.7. The number of rotatable bonds is 29. The monoisotopic (exact) mass is 934 g/mol. The lowest BCUT2D eigenvalue weighted by atomic mass is 10.0. The molecule has 5 rings (SSSR count). The Labute approximate surface area is 396 Å². The number of aromatic nitrogens is 1. The standard InChI is InChI=1S/C50H62N8O10/c1-35-12-4-5-14-40(35)57-50(66)54-38-19-16-36(17-20-38)30-47(62)55-42(49(65)56-41(24-29-59)37-18-21-43-44(31-37)68-34-67-43)15-7-10-27-53-46(61)23-22-45(60)52-26-8-2-3-11-28-58(33-48(63)64)32-39-13-6-9-25-51-39/h4-6,9,12-14,16-21,25,29,31,41-42H,2-3,7-8,10-11,15,22-24,26-28,30,32-34H2,1H3,(H,52,60)(H,53,61)(H,55,62)(H,56,65)(H,63,64)(H2,54,57,66)/t41-,42-/m0/s1. The van der Waals surface area contributed by atoms with E-state index in [-0.39, 0.29) is 57.3 Å². The van der Waals surface area contributed by atoms with Crippen LogP contribution in [0.25, 0.3) is 0 Å². The Hall–Kier alpha value is -7.34. The van der Waals surface area contributed by atoms with Crippen LogP contribution in [0, 0.1) is 6.92 Å². The molecule has 2 heterocycles. The molecule has 0 unspecified atom stereocenters. The number of pyridine rings is 1. The van der Waals surface area contributed by atoms with E-state index >= 15 is 0 Å². The van der Waals surface area contributed by atoms with Gasteiger partial charge >= 0.3 is 12.0 Å². The van der Waals surface area contributed by atoms with Crippen LogP contribution >= 0.6 is 0 Å². The quantitative estimate of drug-likeness (QED) is 0.0261. The number of para-hydroxylation sites is 1. The van der Waals surface area contributed by atoms with E-state index < -0.39 is 35.9 Å². The SMILES string of the molecule is Cc1ccccc1NC(=O)Nc1ccc(CC(=O)N[C@@H](CCCCNC(=O)CCC(=O)NCCCCCCN(CC(=O)O)Cc2ccccn2)C(=O)N[C@@H](CC=O)c2ccc3c(c2)OCO3)cc1. The van der Waals surface area contributed by atoms with Gasteiger partial charge in [0.1, 0.15) is 12.3 Å². The number of amides is 6. The van der Waals surface area contributed by atoms with Crippen LogP contribution in [0.2, 0.25) is 0 Å². The van der Waals surface area contributed by atoms with Crippen LogP contribution in [0.5, 0.6) is 11.5 Å². The van der Waals surface area contributed by atoms with Gasteiger partial charge < -0.3 is 51.3 Å². The number of carbonyl (C=O) groups excluding carboxylic acids is 6. The predicted molar refractivity (Wildman–Crippen MR) is 255 cm³/mol. The Morgan fingerprint density at radius 2 is 1.47 bits per heavy atom. The average molecular weight is 935 g/mol. The molecule has 0 saturated carbocycles. The maximum Gasteiger partial charge on any atom is 0.323 e. The van der Waals surface area contributed by atoms with E-state index in [4.69, 9.17) is 9.47 Å². The lowest BCUT2D eigenvalue weighted by molar-refractivity contribution is -0.138. The van der Waals surface area contributed by atoms with Crippen LogP contribution in [0.15, 0.2) is 91.1 Å². The van der Waals surface area contributed by atoms with Gasteiger partial charge in [0.2, 0.25) is 30.4 Å². The number of nitrogens with zero attached hydrogens (tertiary/aromatic N) is 2. The van der Waals surface area contributed by atoms with Crippen LogP contribution in [0.4, 0.5) is 16.2 Å². The van der Waals surface area contributed by atoms with Crippen LogP contribution in [-0.2, 0) is 41.7 Å². The Bertz CT molecular complexity index is 2300. The summed E-state index contributed by atoms with van der Waals surface area (Å²) in [6.45, 7) is 3.75. The number of fused-ring (bicyclic) bond motifs is 1. The van der Waals surface area contributed by atoms with Gasteiger partial charge in [-0.25, -0.2) is 4.79 Å². The van der Waals surface area contributed by atoms with Crippen molar-refractivity contribution in [3.8, 4) is 11.5 Å². The summed E-state index contributed by atoms with van der Waals surface area (Å²) in [6, 6.07) is 22.8. The first-order chi connectivity index (χ1) is 32.9. The van der Waals surface area contributed by atoms with Gasteiger partial charge in [-0.2, -0.15) is 0 Å². The molecule has 0 bridgehead atoms. The normalized spacial score (nSPS) is 12.3. The molecule has 6 amide bonds. The molecule has 3 aromatic carbocycles. The second kappa shape index (κ2) is 28.0. The Morgan fingerprint density at radius 3 is 2.18 bits per heavy atom. The molecule has 1 aliphatic heterocycles. The molecule has 0 saturated heterocycles. The Morgan fingerprint density at radius 1 is 0.765 bits per heavy atom. The van der Waals surface area contributed by atoms with Crippen molar-refractivity contribution in [2.24, 2.45) is 0 Å². The molecule has 1 aromatic heterocycles. The summed E-state index contributed by atoms with van der Waals surface area (Å²) in [5.74, 6) is -1.26.